The van der Waals surface area contributed by atoms with Crippen LogP contribution in [0.3, 0.4) is 0 Å². The molecule has 0 aromatic carbocycles. The Morgan fingerprint density at radius 2 is 2.14 bits per heavy atom. The first-order valence-corrected chi connectivity index (χ1v) is 7.59. The van der Waals surface area contributed by atoms with E-state index in [9.17, 15) is 4.79 Å². The van der Waals surface area contributed by atoms with Gasteiger partial charge in [0.1, 0.15) is 5.01 Å². The zero-order chi connectivity index (χ0) is 15.5. The number of hydrogen-bond donors (Lipinski definition) is 2. The number of nitrogens with one attached hydrogen (secondary N) is 2. The number of carbonyl (C=O) groups is 1. The fourth-order valence-electron chi connectivity index (χ4n) is 1.75. The van der Waals surface area contributed by atoms with Gasteiger partial charge in [-0.2, -0.15) is 0 Å². The maximum absolute atomic E-state index is 11.8. The van der Waals surface area contributed by atoms with Gasteiger partial charge < -0.3 is 10.6 Å². The number of pyridine rings is 1. The van der Waals surface area contributed by atoms with Gasteiger partial charge in [-0.15, -0.1) is 11.3 Å². The largest absolute Gasteiger partial charge is 0.334 e. The number of carbonyl (C=O) groups excluding carboxylic acids is 1. The van der Waals surface area contributed by atoms with Crippen molar-refractivity contribution in [3.63, 3.8) is 0 Å². The molecule has 0 aliphatic rings. The van der Waals surface area contributed by atoms with E-state index in [0.29, 0.717) is 6.54 Å². The first-order chi connectivity index (χ1) is 9.85. The summed E-state index contributed by atoms with van der Waals surface area (Å²) >= 11 is 1.58. The van der Waals surface area contributed by atoms with Crippen LogP contribution in [0, 0.1) is 6.92 Å². The highest BCUT2D eigenvalue weighted by atomic mass is 32.1. The molecule has 5 nitrogen and oxygen atoms in total. The van der Waals surface area contributed by atoms with Gasteiger partial charge in [0.2, 0.25) is 0 Å². The maximum Gasteiger partial charge on any atom is 0.315 e. The molecule has 21 heavy (non-hydrogen) atoms. The summed E-state index contributed by atoms with van der Waals surface area (Å²) in [5, 5.41) is 6.66. The van der Waals surface area contributed by atoms with Crippen LogP contribution in [0.25, 0.3) is 10.6 Å². The van der Waals surface area contributed by atoms with Gasteiger partial charge in [0, 0.05) is 28.4 Å². The first-order valence-electron chi connectivity index (χ1n) is 6.78. The van der Waals surface area contributed by atoms with Crippen molar-refractivity contribution in [2.75, 3.05) is 0 Å². The predicted octanol–water partition coefficient (Wildman–Crippen LogP) is 3.11. The predicted molar refractivity (Wildman–Crippen MR) is 85.2 cm³/mol. The molecule has 2 aromatic rings. The second-order valence-corrected chi connectivity index (χ2v) is 6.91. The van der Waals surface area contributed by atoms with E-state index in [1.54, 1.807) is 23.7 Å². The first kappa shape index (κ1) is 15.4. The van der Waals surface area contributed by atoms with Crippen molar-refractivity contribution < 1.29 is 4.79 Å². The summed E-state index contributed by atoms with van der Waals surface area (Å²) in [6, 6.07) is 3.70. The molecular weight excluding hydrogens is 284 g/mol. The molecule has 0 saturated carbocycles. The Morgan fingerprint density at radius 3 is 2.76 bits per heavy atom. The lowest BCUT2D eigenvalue weighted by molar-refractivity contribution is 0.231. The monoisotopic (exact) mass is 304 g/mol. The molecule has 2 rings (SSSR count). The Labute approximate surface area is 128 Å². The van der Waals surface area contributed by atoms with E-state index in [4.69, 9.17) is 0 Å². The van der Waals surface area contributed by atoms with Gasteiger partial charge in [0.15, 0.2) is 0 Å². The van der Waals surface area contributed by atoms with Crippen molar-refractivity contribution in [3.05, 3.63) is 35.1 Å². The van der Waals surface area contributed by atoms with E-state index < -0.39 is 0 Å². The van der Waals surface area contributed by atoms with Crippen LogP contribution in [-0.2, 0) is 6.54 Å². The van der Waals surface area contributed by atoms with Gasteiger partial charge in [-0.1, -0.05) is 0 Å². The Balaban J connectivity index is 2.02. The molecule has 2 aromatic heterocycles. The van der Waals surface area contributed by atoms with E-state index in [2.05, 4.69) is 20.6 Å². The average Bonchev–Trinajstić information content (AvgIpc) is 2.77. The van der Waals surface area contributed by atoms with Gasteiger partial charge in [-0.05, 0) is 39.8 Å². The van der Waals surface area contributed by atoms with E-state index in [1.807, 2.05) is 39.8 Å². The molecule has 0 aliphatic heterocycles. The highest BCUT2D eigenvalue weighted by molar-refractivity contribution is 7.15. The highest BCUT2D eigenvalue weighted by Crippen LogP contribution is 2.27. The van der Waals surface area contributed by atoms with Crippen LogP contribution in [0.2, 0.25) is 0 Å². The molecule has 2 N–H and O–H groups in total. The van der Waals surface area contributed by atoms with Gasteiger partial charge in [-0.3, -0.25) is 4.98 Å². The molecule has 0 unspecified atom stereocenters. The van der Waals surface area contributed by atoms with Crippen molar-refractivity contribution in [1.29, 1.82) is 0 Å². The molecule has 0 bridgehead atoms. The molecule has 2 heterocycles. The number of aromatic nitrogens is 2. The van der Waals surface area contributed by atoms with Crippen LogP contribution in [0.5, 0.6) is 0 Å². The van der Waals surface area contributed by atoms with Crippen molar-refractivity contribution in [2.45, 2.75) is 39.8 Å². The second kappa shape index (κ2) is 6.22. The van der Waals surface area contributed by atoms with E-state index in [0.717, 1.165) is 21.1 Å². The minimum Gasteiger partial charge on any atom is -0.334 e. The lowest BCUT2D eigenvalue weighted by Crippen LogP contribution is -2.46. The zero-order valence-corrected chi connectivity index (χ0v) is 13.5. The number of thiazole rings is 1. The smallest absolute Gasteiger partial charge is 0.315 e. The lowest BCUT2D eigenvalue weighted by Gasteiger charge is -2.20. The van der Waals surface area contributed by atoms with Crippen molar-refractivity contribution in [2.24, 2.45) is 0 Å². The molecule has 0 atom stereocenters. The number of rotatable bonds is 3. The van der Waals surface area contributed by atoms with Gasteiger partial charge >= 0.3 is 6.03 Å². The maximum atomic E-state index is 11.8. The fraction of sp³-hybridized carbons (Fsp3) is 0.400. The van der Waals surface area contributed by atoms with E-state index >= 15 is 0 Å². The summed E-state index contributed by atoms with van der Waals surface area (Å²) in [4.78, 5) is 21.5. The molecule has 0 aliphatic carbocycles. The molecule has 112 valence electrons. The number of hydrogen-bond acceptors (Lipinski definition) is 4. The number of nitrogens with zero attached hydrogens (tertiary/aromatic N) is 2. The highest BCUT2D eigenvalue weighted by Gasteiger charge is 2.14. The third kappa shape index (κ3) is 4.53. The molecule has 2 amide bonds. The Morgan fingerprint density at radius 1 is 1.38 bits per heavy atom. The summed E-state index contributed by atoms with van der Waals surface area (Å²) in [6.45, 7) is 8.28. The molecule has 0 fully saturated rings. The van der Waals surface area contributed by atoms with Crippen molar-refractivity contribution in [3.8, 4) is 10.6 Å². The van der Waals surface area contributed by atoms with Gasteiger partial charge in [-0.25, -0.2) is 9.78 Å². The topological polar surface area (TPSA) is 66.9 Å². The summed E-state index contributed by atoms with van der Waals surface area (Å²) in [7, 11) is 0. The van der Waals surface area contributed by atoms with Crippen LogP contribution in [-0.4, -0.2) is 21.5 Å². The van der Waals surface area contributed by atoms with Crippen LogP contribution in [0.4, 0.5) is 4.79 Å². The van der Waals surface area contributed by atoms with Gasteiger partial charge in [0.05, 0.1) is 12.2 Å². The second-order valence-electron chi connectivity index (χ2n) is 5.83. The van der Waals surface area contributed by atoms with E-state index in [1.165, 1.54) is 0 Å². The molecule has 0 radical (unpaired) electrons. The Hall–Kier alpha value is -1.95. The summed E-state index contributed by atoms with van der Waals surface area (Å²) in [5.41, 5.74) is 1.69. The third-order valence-electron chi connectivity index (χ3n) is 2.70. The summed E-state index contributed by atoms with van der Waals surface area (Å²) in [5.74, 6) is 0. The van der Waals surface area contributed by atoms with Crippen LogP contribution >= 0.6 is 11.3 Å². The molecule has 0 spiro atoms. The average molecular weight is 304 g/mol. The third-order valence-corrected chi connectivity index (χ3v) is 3.91. The quantitative estimate of drug-likeness (QED) is 0.915. The molecular formula is C15H20N4OS. The minimum absolute atomic E-state index is 0.168. The number of amides is 2. The van der Waals surface area contributed by atoms with Crippen molar-refractivity contribution in [1.82, 2.24) is 20.6 Å². The van der Waals surface area contributed by atoms with Gasteiger partial charge in [0.25, 0.3) is 0 Å². The van der Waals surface area contributed by atoms with Crippen LogP contribution < -0.4 is 10.6 Å². The SMILES string of the molecule is Cc1nc(-c2cccnc2)sc1CNC(=O)NC(C)(C)C. The normalized spacial score (nSPS) is 11.2. The standard InChI is InChI=1S/C15H20N4OS/c1-10-12(9-17-14(20)19-15(2,3)4)21-13(18-10)11-6-5-7-16-8-11/h5-8H,9H2,1-4H3,(H2,17,19,20). The van der Waals surface area contributed by atoms with Crippen molar-refractivity contribution >= 4 is 17.4 Å². The van der Waals surface area contributed by atoms with E-state index in [-0.39, 0.29) is 11.6 Å². The van der Waals surface area contributed by atoms with Crippen LogP contribution in [0.1, 0.15) is 31.3 Å². The molecule has 0 saturated heterocycles. The fourth-order valence-corrected chi connectivity index (χ4v) is 2.74. The molecule has 6 heteroatoms. The number of urea groups is 1. The Bertz CT molecular complexity index is 616. The lowest BCUT2D eigenvalue weighted by atomic mass is 10.1. The summed E-state index contributed by atoms with van der Waals surface area (Å²) in [6.07, 6.45) is 3.53. The zero-order valence-electron chi connectivity index (χ0n) is 12.7. The Kier molecular flexibility index (Phi) is 4.57. The minimum atomic E-state index is -0.242. The number of aryl methyl sites for hydroxylation is 1. The van der Waals surface area contributed by atoms with Crippen LogP contribution in [0.15, 0.2) is 24.5 Å². The summed E-state index contributed by atoms with van der Waals surface area (Å²) < 4.78 is 0.